The summed E-state index contributed by atoms with van der Waals surface area (Å²) in [5, 5.41) is 9.65. The Kier molecular flexibility index (Phi) is 51.7. The monoisotopic (exact) mass is 1030 g/mol. The van der Waals surface area contributed by atoms with Crippen LogP contribution in [0.4, 0.5) is 0 Å². The van der Waals surface area contributed by atoms with Crippen LogP contribution in [-0.2, 0) is 33.3 Å². The number of ether oxygens (including phenoxy) is 4. The Morgan fingerprint density at radius 2 is 0.770 bits per heavy atom. The van der Waals surface area contributed by atoms with Gasteiger partial charge in [-0.3, -0.25) is 9.59 Å². The van der Waals surface area contributed by atoms with Gasteiger partial charge >= 0.3 is 17.9 Å². The number of carbonyl (C=O) groups is 3. The lowest BCUT2D eigenvalue weighted by Gasteiger charge is -2.25. The number of quaternary nitrogens is 1. The lowest BCUT2D eigenvalue weighted by molar-refractivity contribution is -0.870. The highest BCUT2D eigenvalue weighted by Crippen LogP contribution is 2.15. The zero-order valence-corrected chi connectivity index (χ0v) is 47.7. The molecule has 0 saturated heterocycles. The molecule has 0 heterocycles. The van der Waals surface area contributed by atoms with Crippen LogP contribution < -0.4 is 0 Å². The number of allylic oxidation sites excluding steroid dienone is 20. The van der Waals surface area contributed by atoms with E-state index < -0.39 is 24.3 Å². The van der Waals surface area contributed by atoms with Crippen molar-refractivity contribution in [2.45, 2.75) is 225 Å². The quantitative estimate of drug-likeness (QED) is 0.0211. The second kappa shape index (κ2) is 54.9. The average molecular weight is 1030 g/mol. The van der Waals surface area contributed by atoms with Crippen LogP contribution >= 0.6 is 0 Å². The van der Waals surface area contributed by atoms with E-state index in [2.05, 4.69) is 135 Å². The van der Waals surface area contributed by atoms with E-state index in [4.69, 9.17) is 18.9 Å². The van der Waals surface area contributed by atoms with Crippen LogP contribution in [0.1, 0.15) is 213 Å². The summed E-state index contributed by atoms with van der Waals surface area (Å²) in [6.45, 7) is 4.70. The van der Waals surface area contributed by atoms with Crippen molar-refractivity contribution in [2.24, 2.45) is 0 Å². The fourth-order valence-corrected chi connectivity index (χ4v) is 7.51. The molecule has 1 N–H and O–H groups in total. The van der Waals surface area contributed by atoms with Gasteiger partial charge in [0.05, 0.1) is 34.4 Å². The second-order valence-electron chi connectivity index (χ2n) is 20.2. The van der Waals surface area contributed by atoms with Gasteiger partial charge in [0.25, 0.3) is 6.29 Å². The van der Waals surface area contributed by atoms with Gasteiger partial charge in [-0.2, -0.15) is 0 Å². The number of hydrogen-bond acceptors (Lipinski definition) is 7. The van der Waals surface area contributed by atoms with Gasteiger partial charge in [-0.1, -0.05) is 232 Å². The molecule has 0 fully saturated rings. The third-order valence-electron chi connectivity index (χ3n) is 12.0. The molecule has 74 heavy (non-hydrogen) atoms. The molecule has 0 bridgehead atoms. The van der Waals surface area contributed by atoms with Crippen molar-refractivity contribution in [2.75, 3.05) is 47.5 Å². The number of esters is 2. The van der Waals surface area contributed by atoms with Crippen LogP contribution in [0.5, 0.6) is 0 Å². The van der Waals surface area contributed by atoms with Crippen molar-refractivity contribution in [3.8, 4) is 0 Å². The smallest absolute Gasteiger partial charge is 0.361 e. The van der Waals surface area contributed by atoms with E-state index in [0.717, 1.165) is 109 Å². The predicted molar refractivity (Wildman–Crippen MR) is 313 cm³/mol. The van der Waals surface area contributed by atoms with Gasteiger partial charge in [0.1, 0.15) is 13.2 Å². The molecule has 0 aliphatic rings. The second-order valence-corrected chi connectivity index (χ2v) is 20.2. The first-order chi connectivity index (χ1) is 36.1. The maximum Gasteiger partial charge on any atom is 0.361 e. The normalized spacial score (nSPS) is 13.7. The first kappa shape index (κ1) is 69.7. The van der Waals surface area contributed by atoms with Crippen molar-refractivity contribution in [3.05, 3.63) is 122 Å². The molecular formula is C65H108NO8+. The molecule has 0 amide bonds. The highest BCUT2D eigenvalue weighted by Gasteiger charge is 2.25. The maximum atomic E-state index is 12.8. The van der Waals surface area contributed by atoms with Gasteiger partial charge in [-0.05, 0) is 89.9 Å². The lowest BCUT2D eigenvalue weighted by atomic mass is 10.0. The minimum absolute atomic E-state index is 0.183. The summed E-state index contributed by atoms with van der Waals surface area (Å²) in [6.07, 6.45) is 74.5. The average Bonchev–Trinajstić information content (AvgIpc) is 3.37. The van der Waals surface area contributed by atoms with Crippen LogP contribution in [0.15, 0.2) is 122 Å². The largest absolute Gasteiger partial charge is 0.477 e. The number of aliphatic carboxylic acids is 1. The van der Waals surface area contributed by atoms with Gasteiger partial charge in [-0.25, -0.2) is 4.79 Å². The molecule has 0 aliphatic heterocycles. The fraction of sp³-hybridized carbons (Fsp3) is 0.646. The number of nitrogens with zero attached hydrogens (tertiary/aromatic N) is 1. The van der Waals surface area contributed by atoms with Gasteiger partial charge < -0.3 is 28.5 Å². The number of likely N-dealkylation sites (N-methyl/N-ethyl adjacent to an activating group) is 1. The van der Waals surface area contributed by atoms with E-state index in [1.165, 1.54) is 70.6 Å². The molecule has 9 nitrogen and oxygen atoms in total. The van der Waals surface area contributed by atoms with E-state index >= 15 is 0 Å². The molecule has 420 valence electrons. The number of carboxylic acid groups (broad SMARTS) is 1. The van der Waals surface area contributed by atoms with E-state index in [1.54, 1.807) is 0 Å². The van der Waals surface area contributed by atoms with Gasteiger partial charge in [0.15, 0.2) is 6.10 Å². The zero-order chi connectivity index (χ0) is 54.1. The first-order valence-corrected chi connectivity index (χ1v) is 29.2. The van der Waals surface area contributed by atoms with Gasteiger partial charge in [0, 0.05) is 12.8 Å². The number of rotatable bonds is 52. The summed E-state index contributed by atoms with van der Waals surface area (Å²) in [6, 6.07) is 0. The molecule has 0 saturated carbocycles. The van der Waals surface area contributed by atoms with E-state index in [0.29, 0.717) is 23.9 Å². The molecule has 0 aliphatic carbocycles. The highest BCUT2D eigenvalue weighted by molar-refractivity contribution is 5.71. The van der Waals surface area contributed by atoms with Crippen molar-refractivity contribution < 1.29 is 42.9 Å². The Hall–Kier alpha value is -4.31. The predicted octanol–water partition coefficient (Wildman–Crippen LogP) is 17.3. The van der Waals surface area contributed by atoms with Crippen molar-refractivity contribution in [1.29, 1.82) is 0 Å². The van der Waals surface area contributed by atoms with Crippen LogP contribution in [-0.4, -0.2) is 87.4 Å². The molecule has 0 aromatic carbocycles. The number of hydrogen-bond donors (Lipinski definition) is 1. The van der Waals surface area contributed by atoms with Crippen LogP contribution in [0, 0.1) is 0 Å². The minimum atomic E-state index is -1.51. The summed E-state index contributed by atoms with van der Waals surface area (Å²) >= 11 is 0. The SMILES string of the molecule is CC/C=C\C/C=C\C/C=C\C/C=C\C/C=C\C/C=C\C/C=C\C/C=C\C/C=C\C/C=C\CCCCCCCCCCCCC(=O)OC(COC(=O)CCCCCCCCCC)COC(OCC[N+](C)(C)C)C(=O)O. The molecule has 0 rings (SSSR count). The summed E-state index contributed by atoms with van der Waals surface area (Å²) in [5.41, 5.74) is 0. The first-order valence-electron chi connectivity index (χ1n) is 29.2. The van der Waals surface area contributed by atoms with Crippen molar-refractivity contribution in [1.82, 2.24) is 0 Å². The van der Waals surface area contributed by atoms with Crippen LogP contribution in [0.25, 0.3) is 0 Å². The molecule has 0 radical (unpaired) electrons. The third kappa shape index (κ3) is 55.4. The Balaban J connectivity index is 4.05. The number of unbranched alkanes of at least 4 members (excludes halogenated alkanes) is 17. The van der Waals surface area contributed by atoms with Crippen LogP contribution in [0.2, 0.25) is 0 Å². The summed E-state index contributed by atoms with van der Waals surface area (Å²) < 4.78 is 22.7. The fourth-order valence-electron chi connectivity index (χ4n) is 7.51. The topological polar surface area (TPSA) is 108 Å². The summed E-state index contributed by atoms with van der Waals surface area (Å²) in [5.74, 6) is -2.03. The van der Waals surface area contributed by atoms with E-state index in [9.17, 15) is 19.5 Å². The standard InChI is InChI=1S/C65H107NO8/c1-6-8-10-12-14-16-17-18-19-20-21-22-23-24-25-26-27-28-29-30-31-32-33-34-35-36-37-38-39-40-41-42-43-44-45-46-47-48-50-52-54-56-63(68)74-61(60-73-65(64(69)70)71-58-57-66(3,4)5)59-72-62(67)55-53-51-49-15-13-11-9-7-2/h8,10,14,16,18-19,21-22,24-25,27-28,30-31,33-34,36-37,39-40,61,65H,6-7,9,11-13,15,17,20,23,26,29,32,35,38,41-60H2,1-5H3/p+1/b10-8-,16-14-,19-18-,22-21-,25-24-,28-27-,31-30-,34-33-,37-36-,40-39-. The Morgan fingerprint density at radius 1 is 0.419 bits per heavy atom. The molecule has 2 unspecified atom stereocenters. The van der Waals surface area contributed by atoms with Gasteiger partial charge in [0.2, 0.25) is 0 Å². The lowest BCUT2D eigenvalue weighted by Crippen LogP contribution is -2.40. The van der Waals surface area contributed by atoms with Crippen molar-refractivity contribution in [3.63, 3.8) is 0 Å². The molecule has 2 atom stereocenters. The molecule has 9 heteroatoms. The highest BCUT2D eigenvalue weighted by atomic mass is 16.7. The van der Waals surface area contributed by atoms with Crippen LogP contribution in [0.3, 0.4) is 0 Å². The molecular weight excluding hydrogens is 923 g/mol. The molecule has 0 aromatic heterocycles. The van der Waals surface area contributed by atoms with E-state index in [1.807, 2.05) is 21.1 Å². The molecule has 0 aromatic rings. The minimum Gasteiger partial charge on any atom is -0.477 e. The summed E-state index contributed by atoms with van der Waals surface area (Å²) in [4.78, 5) is 37.1. The Bertz CT molecular complexity index is 1620. The number of carboxylic acids is 1. The Morgan fingerprint density at radius 3 is 1.15 bits per heavy atom. The van der Waals surface area contributed by atoms with E-state index in [-0.39, 0.29) is 32.2 Å². The number of carbonyl (C=O) groups excluding carboxylic acids is 2. The Labute approximate surface area is 453 Å². The summed E-state index contributed by atoms with van der Waals surface area (Å²) in [7, 11) is 5.95. The maximum absolute atomic E-state index is 12.8. The zero-order valence-electron chi connectivity index (χ0n) is 47.7. The van der Waals surface area contributed by atoms with Gasteiger partial charge in [-0.15, -0.1) is 0 Å². The third-order valence-corrected chi connectivity index (χ3v) is 12.0. The molecule has 0 spiro atoms. The van der Waals surface area contributed by atoms with Crippen molar-refractivity contribution >= 4 is 17.9 Å².